The van der Waals surface area contributed by atoms with E-state index in [9.17, 15) is 19.1 Å². The fourth-order valence-electron chi connectivity index (χ4n) is 2.54. The lowest BCUT2D eigenvalue weighted by Crippen LogP contribution is -2.04. The summed E-state index contributed by atoms with van der Waals surface area (Å²) in [7, 11) is 0. The van der Waals surface area contributed by atoms with Crippen molar-refractivity contribution in [2.45, 2.75) is 6.54 Å². The maximum absolute atomic E-state index is 13.2. The highest BCUT2D eigenvalue weighted by molar-refractivity contribution is 6.31. The molecule has 0 atom stereocenters. The number of halogens is 2. The van der Waals surface area contributed by atoms with E-state index in [1.807, 2.05) is 0 Å². The predicted molar refractivity (Wildman–Crippen MR) is 93.9 cm³/mol. The molecule has 0 bridgehead atoms. The predicted octanol–water partition coefficient (Wildman–Crippen LogP) is 3.67. The number of aromatic carboxylic acids is 1. The van der Waals surface area contributed by atoms with Crippen molar-refractivity contribution in [3.63, 3.8) is 0 Å². The van der Waals surface area contributed by atoms with Crippen molar-refractivity contribution in [1.29, 1.82) is 0 Å². The molecule has 0 radical (unpaired) electrons. The number of carbonyl (C=O) groups is 2. The largest absolute Gasteiger partial charge is 0.478 e. The molecule has 0 unspecified atom stereocenters. The van der Waals surface area contributed by atoms with Crippen LogP contribution in [0.2, 0.25) is 5.02 Å². The number of fused-ring (bicyclic) bond motifs is 1. The zero-order valence-corrected chi connectivity index (χ0v) is 13.9. The number of carboxylic acid groups (broad SMARTS) is 2. The van der Waals surface area contributed by atoms with Gasteiger partial charge in [0.25, 0.3) is 0 Å². The summed E-state index contributed by atoms with van der Waals surface area (Å²) in [5.41, 5.74) is 1.53. The summed E-state index contributed by atoms with van der Waals surface area (Å²) in [6, 6.07) is 8.38. The second-order valence-corrected chi connectivity index (χ2v) is 5.89. The Labute approximate surface area is 151 Å². The van der Waals surface area contributed by atoms with E-state index in [-0.39, 0.29) is 17.1 Å². The molecular weight excluding hydrogens is 363 g/mol. The highest BCUT2D eigenvalue weighted by atomic mass is 35.5. The minimum Gasteiger partial charge on any atom is -0.478 e. The number of aromatic nitrogens is 2. The molecule has 0 saturated carbocycles. The smallest absolute Gasteiger partial charge is 0.335 e. The van der Waals surface area contributed by atoms with Crippen LogP contribution in [0.5, 0.6) is 0 Å². The van der Waals surface area contributed by atoms with Crippen LogP contribution in [0.1, 0.15) is 21.6 Å². The fourth-order valence-corrected chi connectivity index (χ4v) is 2.76. The van der Waals surface area contributed by atoms with Crippen molar-refractivity contribution >= 4 is 40.5 Å². The van der Waals surface area contributed by atoms with E-state index in [1.165, 1.54) is 41.1 Å². The van der Waals surface area contributed by atoms with Crippen molar-refractivity contribution in [2.75, 3.05) is 0 Å². The van der Waals surface area contributed by atoms with Crippen LogP contribution in [-0.4, -0.2) is 31.9 Å². The molecule has 2 aromatic carbocycles. The molecule has 0 aliphatic rings. The summed E-state index contributed by atoms with van der Waals surface area (Å²) >= 11 is 6.05. The zero-order valence-electron chi connectivity index (χ0n) is 13.2. The Hall–Kier alpha value is -3.19. The number of rotatable bonds is 5. The first kappa shape index (κ1) is 17.6. The molecule has 0 spiro atoms. The second-order valence-electron chi connectivity index (χ2n) is 5.49. The van der Waals surface area contributed by atoms with Crippen molar-refractivity contribution < 1.29 is 24.2 Å². The quantitative estimate of drug-likeness (QED) is 0.665. The highest BCUT2D eigenvalue weighted by Gasteiger charge is 2.14. The van der Waals surface area contributed by atoms with Gasteiger partial charge >= 0.3 is 11.9 Å². The molecule has 26 heavy (non-hydrogen) atoms. The van der Waals surface area contributed by atoms with Gasteiger partial charge in [0.1, 0.15) is 5.82 Å². The minimum absolute atomic E-state index is 0.0672. The van der Waals surface area contributed by atoms with E-state index in [1.54, 1.807) is 6.07 Å². The molecule has 6 nitrogen and oxygen atoms in total. The first-order chi connectivity index (χ1) is 12.3. The molecule has 1 aromatic heterocycles. The molecule has 3 aromatic rings. The fraction of sp³-hybridized carbons (Fsp3) is 0.0556. The summed E-state index contributed by atoms with van der Waals surface area (Å²) in [6.07, 6.45) is 2.27. The molecule has 0 saturated heterocycles. The van der Waals surface area contributed by atoms with Gasteiger partial charge in [0, 0.05) is 16.5 Å². The Morgan fingerprint density at radius 3 is 2.62 bits per heavy atom. The maximum atomic E-state index is 13.2. The van der Waals surface area contributed by atoms with Gasteiger partial charge in [-0.1, -0.05) is 17.7 Å². The number of hydrogen-bond acceptors (Lipinski definition) is 3. The number of hydrogen-bond donors (Lipinski definition) is 2. The van der Waals surface area contributed by atoms with E-state index < -0.39 is 17.8 Å². The van der Waals surface area contributed by atoms with Crippen molar-refractivity contribution in [2.24, 2.45) is 0 Å². The molecule has 1 heterocycles. The third-order valence-corrected chi connectivity index (χ3v) is 4.10. The van der Waals surface area contributed by atoms with E-state index in [0.29, 0.717) is 22.2 Å². The van der Waals surface area contributed by atoms with Crippen LogP contribution in [0.3, 0.4) is 0 Å². The molecule has 0 aliphatic carbocycles. The monoisotopic (exact) mass is 374 g/mol. The van der Waals surface area contributed by atoms with Crippen molar-refractivity contribution in [3.8, 4) is 0 Å². The van der Waals surface area contributed by atoms with Gasteiger partial charge in [-0.2, -0.15) is 5.10 Å². The first-order valence-corrected chi connectivity index (χ1v) is 7.82. The van der Waals surface area contributed by atoms with Crippen LogP contribution in [-0.2, 0) is 11.3 Å². The Balaban J connectivity index is 2.14. The molecule has 8 heteroatoms. The van der Waals surface area contributed by atoms with Gasteiger partial charge in [0.2, 0.25) is 0 Å². The molecule has 3 rings (SSSR count). The summed E-state index contributed by atoms with van der Waals surface area (Å²) in [4.78, 5) is 22.0. The molecule has 0 fully saturated rings. The van der Waals surface area contributed by atoms with Crippen molar-refractivity contribution in [3.05, 3.63) is 70.1 Å². The van der Waals surface area contributed by atoms with Crippen molar-refractivity contribution in [1.82, 2.24) is 9.78 Å². The summed E-state index contributed by atoms with van der Waals surface area (Å²) < 4.78 is 14.7. The van der Waals surface area contributed by atoms with Crippen LogP contribution in [0.25, 0.3) is 17.0 Å². The number of nitrogens with zero attached hydrogens (tertiary/aromatic N) is 2. The average Bonchev–Trinajstić information content (AvgIpc) is 2.92. The molecular formula is C18H12ClFN2O4. The Morgan fingerprint density at radius 2 is 1.96 bits per heavy atom. The van der Waals surface area contributed by atoms with Gasteiger partial charge in [-0.15, -0.1) is 0 Å². The molecule has 0 amide bonds. The van der Waals surface area contributed by atoms with Gasteiger partial charge in [0.05, 0.1) is 23.3 Å². The third-order valence-electron chi connectivity index (χ3n) is 3.75. The zero-order chi connectivity index (χ0) is 18.8. The Bertz CT molecular complexity index is 1060. The normalized spacial score (nSPS) is 11.3. The van der Waals surface area contributed by atoms with Crippen LogP contribution in [0, 0.1) is 5.82 Å². The van der Waals surface area contributed by atoms with Gasteiger partial charge in [-0.25, -0.2) is 14.0 Å². The summed E-state index contributed by atoms with van der Waals surface area (Å²) in [5, 5.41) is 23.2. The number of carboxylic acids is 2. The van der Waals surface area contributed by atoms with Gasteiger partial charge in [-0.3, -0.25) is 4.68 Å². The SMILES string of the molecule is O=C(O)C=Cc1nn(Cc2ccc(F)cc2Cl)c2cc(C(=O)O)ccc12. The molecule has 132 valence electrons. The van der Waals surface area contributed by atoms with Crippen LogP contribution in [0.15, 0.2) is 42.5 Å². The van der Waals surface area contributed by atoms with Gasteiger partial charge in [0.15, 0.2) is 0 Å². The Morgan fingerprint density at radius 1 is 1.19 bits per heavy atom. The third kappa shape index (κ3) is 3.57. The van der Waals surface area contributed by atoms with Gasteiger partial charge in [-0.05, 0) is 42.0 Å². The lowest BCUT2D eigenvalue weighted by atomic mass is 10.1. The molecule has 0 aliphatic heterocycles. The summed E-state index contributed by atoms with van der Waals surface area (Å²) in [6.45, 7) is 0.166. The van der Waals surface area contributed by atoms with E-state index in [0.717, 1.165) is 6.08 Å². The first-order valence-electron chi connectivity index (χ1n) is 7.44. The van der Waals surface area contributed by atoms with Crippen LogP contribution < -0.4 is 0 Å². The maximum Gasteiger partial charge on any atom is 0.335 e. The second kappa shape index (κ2) is 6.97. The topological polar surface area (TPSA) is 92.4 Å². The minimum atomic E-state index is -1.13. The van der Waals surface area contributed by atoms with Crippen LogP contribution >= 0.6 is 11.6 Å². The number of benzene rings is 2. The standard InChI is InChI=1S/C18H12ClFN2O4/c19-14-8-12(20)3-1-11(14)9-22-16-7-10(18(25)26)2-4-13(16)15(21-22)5-6-17(23)24/h1-8H,9H2,(H,23,24)(H,25,26). The lowest BCUT2D eigenvalue weighted by Gasteiger charge is -2.06. The van der Waals surface area contributed by atoms with E-state index in [4.69, 9.17) is 16.7 Å². The van der Waals surface area contributed by atoms with E-state index in [2.05, 4.69) is 5.10 Å². The van der Waals surface area contributed by atoms with Gasteiger partial charge < -0.3 is 10.2 Å². The van der Waals surface area contributed by atoms with E-state index >= 15 is 0 Å². The lowest BCUT2D eigenvalue weighted by molar-refractivity contribution is -0.131. The Kier molecular flexibility index (Phi) is 4.73. The molecule has 2 N–H and O–H groups in total. The van der Waals surface area contributed by atoms with Crippen LogP contribution in [0.4, 0.5) is 4.39 Å². The average molecular weight is 375 g/mol. The highest BCUT2D eigenvalue weighted by Crippen LogP contribution is 2.25. The number of aliphatic carboxylic acids is 1. The summed E-state index contributed by atoms with van der Waals surface area (Å²) in [5.74, 6) is -2.69.